The number of ether oxygens (including phenoxy) is 1. The number of aromatic nitrogens is 3. The van der Waals surface area contributed by atoms with E-state index in [1.165, 1.54) is 0 Å². The third kappa shape index (κ3) is 3.10. The summed E-state index contributed by atoms with van der Waals surface area (Å²) in [5, 5.41) is -0.138. The SMILES string of the molecule is CC(Cl)c1nc2cc(Br)cnc2n1CC1(C)CCOCC1. The van der Waals surface area contributed by atoms with Crippen LogP contribution in [0.25, 0.3) is 11.2 Å². The number of halogens is 2. The molecule has 0 aliphatic carbocycles. The average molecular weight is 373 g/mol. The van der Waals surface area contributed by atoms with Crippen molar-refractivity contribution in [2.24, 2.45) is 5.41 Å². The van der Waals surface area contributed by atoms with Gasteiger partial charge in [-0.05, 0) is 47.2 Å². The molecule has 0 amide bonds. The zero-order valence-corrected chi connectivity index (χ0v) is 14.6. The normalized spacial score (nSPS) is 19.8. The van der Waals surface area contributed by atoms with Crippen LogP contribution in [0.2, 0.25) is 0 Å². The second kappa shape index (κ2) is 5.86. The molecule has 1 fully saturated rings. The maximum atomic E-state index is 6.34. The minimum absolute atomic E-state index is 0.138. The van der Waals surface area contributed by atoms with Crippen molar-refractivity contribution in [1.82, 2.24) is 14.5 Å². The molecule has 0 spiro atoms. The highest BCUT2D eigenvalue weighted by atomic mass is 79.9. The molecule has 0 saturated carbocycles. The molecule has 1 unspecified atom stereocenters. The molecule has 2 aromatic rings. The van der Waals surface area contributed by atoms with Crippen LogP contribution >= 0.6 is 27.5 Å². The summed E-state index contributed by atoms with van der Waals surface area (Å²) in [6.45, 7) is 6.80. The Morgan fingerprint density at radius 2 is 2.19 bits per heavy atom. The standard InChI is InChI=1S/C15H19BrClN3O/c1-10(17)13-19-12-7-11(16)8-18-14(12)20(13)9-15(2)3-5-21-6-4-15/h7-8,10H,3-6,9H2,1-2H3. The molecule has 0 aromatic carbocycles. The molecule has 1 saturated heterocycles. The number of fused-ring (bicyclic) bond motifs is 1. The number of hydrogen-bond acceptors (Lipinski definition) is 3. The minimum atomic E-state index is -0.138. The van der Waals surface area contributed by atoms with E-state index in [4.69, 9.17) is 16.3 Å². The van der Waals surface area contributed by atoms with E-state index in [-0.39, 0.29) is 10.8 Å². The summed E-state index contributed by atoms with van der Waals surface area (Å²) < 4.78 is 8.61. The Kier molecular flexibility index (Phi) is 4.26. The third-order valence-electron chi connectivity index (χ3n) is 4.18. The Bertz CT molecular complexity index is 650. The first-order valence-electron chi connectivity index (χ1n) is 7.22. The highest BCUT2D eigenvalue weighted by Gasteiger charge is 2.30. The Morgan fingerprint density at radius 3 is 2.86 bits per heavy atom. The molecular weight excluding hydrogens is 354 g/mol. The van der Waals surface area contributed by atoms with E-state index in [0.29, 0.717) is 0 Å². The molecule has 1 atom stereocenters. The maximum Gasteiger partial charge on any atom is 0.160 e. The molecule has 0 radical (unpaired) electrons. The Hall–Kier alpha value is -0.650. The van der Waals surface area contributed by atoms with Gasteiger partial charge in [0.25, 0.3) is 0 Å². The molecule has 3 rings (SSSR count). The fourth-order valence-electron chi connectivity index (χ4n) is 2.87. The summed E-state index contributed by atoms with van der Waals surface area (Å²) >= 11 is 9.79. The van der Waals surface area contributed by atoms with E-state index in [9.17, 15) is 0 Å². The summed E-state index contributed by atoms with van der Waals surface area (Å²) in [6.07, 6.45) is 3.92. The van der Waals surface area contributed by atoms with Gasteiger partial charge in [0, 0.05) is 30.4 Å². The zero-order valence-electron chi connectivity index (χ0n) is 12.3. The smallest absolute Gasteiger partial charge is 0.160 e. The average Bonchev–Trinajstić information content (AvgIpc) is 2.77. The lowest BCUT2D eigenvalue weighted by Gasteiger charge is -2.34. The van der Waals surface area contributed by atoms with Crippen molar-refractivity contribution in [3.8, 4) is 0 Å². The van der Waals surface area contributed by atoms with Gasteiger partial charge in [-0.25, -0.2) is 9.97 Å². The molecule has 114 valence electrons. The van der Waals surface area contributed by atoms with Crippen molar-refractivity contribution in [3.05, 3.63) is 22.6 Å². The van der Waals surface area contributed by atoms with Crippen molar-refractivity contribution in [2.75, 3.05) is 13.2 Å². The fourth-order valence-corrected chi connectivity index (χ4v) is 3.35. The van der Waals surface area contributed by atoms with Crippen LogP contribution < -0.4 is 0 Å². The van der Waals surface area contributed by atoms with Gasteiger partial charge in [0.1, 0.15) is 11.3 Å². The predicted octanol–water partition coefficient (Wildman–Crippen LogP) is 4.31. The largest absolute Gasteiger partial charge is 0.381 e. The first kappa shape index (κ1) is 15.3. The van der Waals surface area contributed by atoms with Crippen LogP contribution in [0.15, 0.2) is 16.7 Å². The molecule has 2 aromatic heterocycles. The quantitative estimate of drug-likeness (QED) is 0.754. The van der Waals surface area contributed by atoms with Gasteiger partial charge >= 0.3 is 0 Å². The zero-order chi connectivity index (χ0) is 15.0. The molecule has 6 heteroatoms. The molecule has 1 aliphatic rings. The number of nitrogens with zero attached hydrogens (tertiary/aromatic N) is 3. The minimum Gasteiger partial charge on any atom is -0.381 e. The van der Waals surface area contributed by atoms with Crippen LogP contribution in [0, 0.1) is 5.41 Å². The van der Waals surface area contributed by atoms with Gasteiger partial charge in [-0.3, -0.25) is 0 Å². The van der Waals surface area contributed by atoms with E-state index in [1.807, 2.05) is 19.2 Å². The lowest BCUT2D eigenvalue weighted by Crippen LogP contribution is -2.31. The topological polar surface area (TPSA) is 39.9 Å². The predicted molar refractivity (Wildman–Crippen MR) is 87.7 cm³/mol. The molecule has 21 heavy (non-hydrogen) atoms. The van der Waals surface area contributed by atoms with Crippen LogP contribution in [0.1, 0.15) is 37.9 Å². The third-order valence-corrected chi connectivity index (χ3v) is 4.81. The first-order chi connectivity index (χ1) is 9.98. The second-order valence-electron chi connectivity index (χ2n) is 6.09. The molecule has 3 heterocycles. The van der Waals surface area contributed by atoms with E-state index in [2.05, 4.69) is 37.4 Å². The summed E-state index contributed by atoms with van der Waals surface area (Å²) in [5.41, 5.74) is 2.01. The van der Waals surface area contributed by atoms with Gasteiger partial charge in [-0.15, -0.1) is 11.6 Å². The number of pyridine rings is 1. The van der Waals surface area contributed by atoms with Crippen molar-refractivity contribution >= 4 is 38.7 Å². The lowest BCUT2D eigenvalue weighted by molar-refractivity contribution is 0.0156. The lowest BCUT2D eigenvalue weighted by atomic mass is 9.82. The molecule has 0 bridgehead atoms. The highest BCUT2D eigenvalue weighted by Crippen LogP contribution is 2.35. The summed E-state index contributed by atoms with van der Waals surface area (Å²) in [4.78, 5) is 9.22. The molecule has 4 nitrogen and oxygen atoms in total. The molecule has 0 N–H and O–H groups in total. The van der Waals surface area contributed by atoms with Crippen LogP contribution in [0.3, 0.4) is 0 Å². The molecule has 1 aliphatic heterocycles. The Morgan fingerprint density at radius 1 is 1.48 bits per heavy atom. The summed E-state index contributed by atoms with van der Waals surface area (Å²) in [7, 11) is 0. The van der Waals surface area contributed by atoms with Crippen molar-refractivity contribution < 1.29 is 4.74 Å². The van der Waals surface area contributed by atoms with E-state index >= 15 is 0 Å². The van der Waals surface area contributed by atoms with Crippen LogP contribution in [-0.2, 0) is 11.3 Å². The highest BCUT2D eigenvalue weighted by molar-refractivity contribution is 9.10. The van der Waals surface area contributed by atoms with Crippen LogP contribution in [0.5, 0.6) is 0 Å². The summed E-state index contributed by atoms with van der Waals surface area (Å²) in [5.74, 6) is 0.894. The van der Waals surface area contributed by atoms with Gasteiger partial charge in [0.05, 0.1) is 5.38 Å². The van der Waals surface area contributed by atoms with Gasteiger partial charge in [-0.1, -0.05) is 6.92 Å². The van der Waals surface area contributed by atoms with Gasteiger partial charge < -0.3 is 9.30 Å². The van der Waals surface area contributed by atoms with Crippen molar-refractivity contribution in [2.45, 2.75) is 38.6 Å². The summed E-state index contributed by atoms with van der Waals surface area (Å²) in [6, 6.07) is 1.99. The van der Waals surface area contributed by atoms with Crippen LogP contribution in [-0.4, -0.2) is 27.7 Å². The Labute approximate surface area is 138 Å². The van der Waals surface area contributed by atoms with Gasteiger partial charge in [-0.2, -0.15) is 0 Å². The fraction of sp³-hybridized carbons (Fsp3) is 0.600. The number of imidazole rings is 1. The molecular formula is C15H19BrClN3O. The van der Waals surface area contributed by atoms with E-state index < -0.39 is 0 Å². The first-order valence-corrected chi connectivity index (χ1v) is 8.45. The van der Waals surface area contributed by atoms with Crippen LogP contribution in [0.4, 0.5) is 0 Å². The van der Waals surface area contributed by atoms with E-state index in [0.717, 1.165) is 54.1 Å². The van der Waals surface area contributed by atoms with E-state index in [1.54, 1.807) is 0 Å². The number of alkyl halides is 1. The number of rotatable bonds is 3. The monoisotopic (exact) mass is 371 g/mol. The number of hydrogen-bond donors (Lipinski definition) is 0. The van der Waals surface area contributed by atoms with Crippen molar-refractivity contribution in [3.63, 3.8) is 0 Å². The van der Waals surface area contributed by atoms with Gasteiger partial charge in [0.2, 0.25) is 0 Å². The van der Waals surface area contributed by atoms with Gasteiger partial charge in [0.15, 0.2) is 5.65 Å². The Balaban J connectivity index is 2.04. The van der Waals surface area contributed by atoms with Crippen molar-refractivity contribution in [1.29, 1.82) is 0 Å². The second-order valence-corrected chi connectivity index (χ2v) is 7.66. The maximum absolute atomic E-state index is 6.34.